The molecular weight excluding hydrogens is 820 g/mol. The lowest BCUT2D eigenvalue weighted by atomic mass is 9.57. The number of nitrogens with one attached hydrogen (secondary N) is 3. The molecule has 2 aliphatic carbocycles. The number of halogens is 3. The van der Waals surface area contributed by atoms with Crippen LogP contribution in [0.3, 0.4) is 0 Å². The number of alkyl halides is 3. The first-order valence-corrected chi connectivity index (χ1v) is 22.2. The molecule has 16 heteroatoms. The van der Waals surface area contributed by atoms with E-state index in [0.717, 1.165) is 90.7 Å². The van der Waals surface area contributed by atoms with Crippen molar-refractivity contribution < 1.29 is 37.5 Å². The van der Waals surface area contributed by atoms with Crippen LogP contribution in [0.15, 0.2) is 60.8 Å². The van der Waals surface area contributed by atoms with E-state index in [1.54, 1.807) is 49.4 Å². The van der Waals surface area contributed by atoms with Crippen LogP contribution in [0.1, 0.15) is 125 Å². The molecule has 326 valence electrons. The number of amides is 4. The largest absolute Gasteiger partial charge is 0.433 e. The second kappa shape index (κ2) is 15.9. The average Bonchev–Trinajstić information content (AvgIpc) is 3.72. The summed E-state index contributed by atoms with van der Waals surface area (Å²) in [7, 11) is 0. The molecule has 0 radical (unpaired) electrons. The first kappa shape index (κ1) is 42.1. The molecule has 12 nitrogen and oxygen atoms in total. The summed E-state index contributed by atoms with van der Waals surface area (Å²) in [5.74, 6) is -0.432. The zero-order valence-electron chi connectivity index (χ0n) is 34.7. The third-order valence-corrected chi connectivity index (χ3v) is 14.6. The van der Waals surface area contributed by atoms with Gasteiger partial charge in [-0.2, -0.15) is 13.2 Å². The van der Waals surface area contributed by atoms with Crippen molar-refractivity contribution in [2.24, 2.45) is 17.3 Å². The van der Waals surface area contributed by atoms with Gasteiger partial charge in [-0.1, -0.05) is 12.6 Å². The lowest BCUT2D eigenvalue weighted by Crippen LogP contribution is -2.63. The fraction of sp³-hybridized carbons (Fsp3) is 0.478. The molecule has 0 bridgehead atoms. The van der Waals surface area contributed by atoms with Gasteiger partial charge in [0.1, 0.15) is 17.4 Å². The van der Waals surface area contributed by atoms with Crippen LogP contribution in [-0.4, -0.2) is 80.7 Å². The second-order valence-corrected chi connectivity index (χ2v) is 19.7. The number of rotatable bonds is 11. The third-order valence-electron chi connectivity index (χ3n) is 13.4. The van der Waals surface area contributed by atoms with Crippen molar-refractivity contribution in [3.8, 4) is 0 Å². The van der Waals surface area contributed by atoms with Gasteiger partial charge in [-0.05, 0) is 131 Å². The van der Waals surface area contributed by atoms with Crippen molar-refractivity contribution >= 4 is 56.6 Å². The molecule has 5 aliphatic rings. The van der Waals surface area contributed by atoms with Crippen molar-refractivity contribution in [1.29, 1.82) is 0 Å². The number of thiazole rings is 1. The van der Waals surface area contributed by atoms with Crippen molar-refractivity contribution in [2.45, 2.75) is 95.4 Å². The molecule has 4 N–H and O–H groups in total. The molecule has 4 fully saturated rings. The predicted octanol–water partition coefficient (Wildman–Crippen LogP) is 8.07. The van der Waals surface area contributed by atoms with Crippen LogP contribution in [0.4, 0.5) is 24.5 Å². The second-order valence-electron chi connectivity index (χ2n) is 18.6. The van der Waals surface area contributed by atoms with E-state index in [1.807, 2.05) is 6.07 Å². The van der Waals surface area contributed by atoms with Crippen LogP contribution < -0.4 is 16.0 Å². The minimum Gasteiger partial charge on any atom is -0.386 e. The van der Waals surface area contributed by atoms with E-state index in [-0.39, 0.29) is 11.6 Å². The normalized spacial score (nSPS) is 23.0. The molecule has 5 heterocycles. The molecule has 1 unspecified atom stereocenters. The number of carbonyl (C=O) groups is 4. The number of nitrogens with zero attached hydrogens (tertiary/aromatic N) is 4. The number of pyridine rings is 1. The van der Waals surface area contributed by atoms with Gasteiger partial charge in [0.05, 0.1) is 32.0 Å². The summed E-state index contributed by atoms with van der Waals surface area (Å²) in [5.41, 5.74) is 1.02. The topological polar surface area (TPSA) is 157 Å². The number of aliphatic hydroxyl groups is 1. The Kier molecular flexibility index (Phi) is 10.8. The minimum atomic E-state index is -4.69. The fourth-order valence-electron chi connectivity index (χ4n) is 10.4. The summed E-state index contributed by atoms with van der Waals surface area (Å²) in [6.45, 7) is 11.1. The number of likely N-dealkylation sites (tertiary alicyclic amines) is 1. The summed E-state index contributed by atoms with van der Waals surface area (Å²) >= 11 is 1.56. The van der Waals surface area contributed by atoms with E-state index in [1.165, 1.54) is 18.9 Å². The Morgan fingerprint density at radius 3 is 2.42 bits per heavy atom. The Labute approximate surface area is 361 Å². The molecule has 2 aromatic carbocycles. The third kappa shape index (κ3) is 8.24. The van der Waals surface area contributed by atoms with Gasteiger partial charge in [-0.3, -0.25) is 24.1 Å². The highest BCUT2D eigenvalue weighted by Crippen LogP contribution is 2.53. The van der Waals surface area contributed by atoms with Gasteiger partial charge in [-0.15, -0.1) is 11.3 Å². The highest BCUT2D eigenvalue weighted by molar-refractivity contribution is 7.18. The van der Waals surface area contributed by atoms with E-state index in [2.05, 4.69) is 32.4 Å². The van der Waals surface area contributed by atoms with Gasteiger partial charge in [0.25, 0.3) is 17.7 Å². The first-order valence-electron chi connectivity index (χ1n) is 21.4. The molecule has 9 rings (SSSR count). The average molecular weight is 870 g/mol. The van der Waals surface area contributed by atoms with Crippen molar-refractivity contribution in [2.75, 3.05) is 36.8 Å². The Hall–Kier alpha value is -5.19. The first-order chi connectivity index (χ1) is 29.4. The molecular formula is C46H50F3N7O5S. The van der Waals surface area contributed by atoms with Gasteiger partial charge in [-0.25, -0.2) is 9.97 Å². The smallest absolute Gasteiger partial charge is 0.386 e. The molecule has 4 amide bonds. The maximum atomic E-state index is 13.3. The molecule has 1 atom stereocenters. The van der Waals surface area contributed by atoms with E-state index < -0.39 is 41.2 Å². The van der Waals surface area contributed by atoms with Gasteiger partial charge in [0, 0.05) is 54.7 Å². The number of hydrogen-bond acceptors (Lipinski definition) is 10. The summed E-state index contributed by atoms with van der Waals surface area (Å²) < 4.78 is 40.6. The monoisotopic (exact) mass is 869 g/mol. The van der Waals surface area contributed by atoms with Crippen LogP contribution in [0, 0.1) is 17.3 Å². The van der Waals surface area contributed by atoms with E-state index in [9.17, 15) is 37.5 Å². The summed E-state index contributed by atoms with van der Waals surface area (Å²) in [4.78, 5) is 64.1. The van der Waals surface area contributed by atoms with E-state index in [0.29, 0.717) is 69.6 Å². The predicted molar refractivity (Wildman–Crippen MR) is 229 cm³/mol. The standard InChI is InChI=1S/C46H50F3N7O5S/c1-25-7-14-36(40(58)51-25)56-42(59)30-13-12-29(17-31(30)43(56)60)50-16-15-27-20-45(21-27)23-55(24-45)22-26-8-10-28(11-9-26)41-54-35-18-32(44(2,3)61)34(19-37(35)62-41)53-39(57)33-5-4-6-38(52-33)46(47,48)49/h4-6,12-13,17-19,26-28,36,50,61H,1,7-11,14-16,20-24H2,2-3H3,(H,51,58)(H,53,57). The molecule has 4 aromatic rings. The number of anilines is 2. The molecule has 62 heavy (non-hydrogen) atoms. The number of piperidine rings is 1. The van der Waals surface area contributed by atoms with Crippen molar-refractivity contribution in [3.63, 3.8) is 0 Å². The quantitative estimate of drug-likeness (QED) is 0.110. The van der Waals surface area contributed by atoms with Crippen LogP contribution in [0.25, 0.3) is 10.2 Å². The maximum Gasteiger partial charge on any atom is 0.433 e. The van der Waals surface area contributed by atoms with Crippen molar-refractivity contribution in [3.05, 3.63) is 93.9 Å². The van der Waals surface area contributed by atoms with Crippen LogP contribution in [0.2, 0.25) is 0 Å². The Morgan fingerprint density at radius 1 is 0.968 bits per heavy atom. The number of allylic oxidation sites excluding steroid dienone is 1. The molecule has 2 saturated heterocycles. The summed E-state index contributed by atoms with van der Waals surface area (Å²) in [5, 5.41) is 20.8. The molecule has 3 aliphatic heterocycles. The lowest BCUT2D eigenvalue weighted by molar-refractivity contribution is -0.141. The number of aromatic nitrogens is 2. The fourth-order valence-corrected chi connectivity index (χ4v) is 11.5. The Morgan fingerprint density at radius 2 is 1.71 bits per heavy atom. The number of benzene rings is 2. The highest BCUT2D eigenvalue weighted by atomic mass is 32.1. The van der Waals surface area contributed by atoms with Crippen LogP contribution in [0.5, 0.6) is 0 Å². The van der Waals surface area contributed by atoms with E-state index >= 15 is 0 Å². The molecule has 2 aromatic heterocycles. The zero-order chi connectivity index (χ0) is 43.7. The molecule has 2 saturated carbocycles. The Bertz CT molecular complexity index is 2480. The SMILES string of the molecule is C=C1CCC(N2C(=O)c3ccc(NCCC4CC5(C4)CN(CC4CCC(c6nc7cc(C(C)(C)O)c(NC(=O)c8cccc(C(F)(F)F)n8)cc7s6)CC4)C5)cc3C2=O)C(=O)N1. The minimum absolute atomic E-state index is 0.302. The number of fused-ring (bicyclic) bond motifs is 2. The summed E-state index contributed by atoms with van der Waals surface area (Å²) in [6, 6.07) is 11.1. The van der Waals surface area contributed by atoms with Crippen LogP contribution >= 0.6 is 11.3 Å². The number of hydrogen-bond donors (Lipinski definition) is 4. The Balaban J connectivity index is 0.723. The van der Waals surface area contributed by atoms with Gasteiger partial charge in [0.2, 0.25) is 5.91 Å². The maximum absolute atomic E-state index is 13.3. The van der Waals surface area contributed by atoms with Gasteiger partial charge in [0.15, 0.2) is 0 Å². The highest BCUT2D eigenvalue weighted by Gasteiger charge is 2.52. The zero-order valence-corrected chi connectivity index (χ0v) is 35.6. The van der Waals surface area contributed by atoms with Crippen LogP contribution in [-0.2, 0) is 16.6 Å². The van der Waals surface area contributed by atoms with Gasteiger partial charge >= 0.3 is 6.18 Å². The lowest BCUT2D eigenvalue weighted by Gasteiger charge is -2.60. The number of carbonyl (C=O) groups excluding carboxylic acids is 4. The van der Waals surface area contributed by atoms with E-state index in [4.69, 9.17) is 4.98 Å². The number of imide groups is 1. The van der Waals surface area contributed by atoms with Crippen molar-refractivity contribution in [1.82, 2.24) is 25.1 Å². The summed E-state index contributed by atoms with van der Waals surface area (Å²) in [6.07, 6.45) is 3.99. The van der Waals surface area contributed by atoms with Gasteiger partial charge < -0.3 is 26.0 Å². The molecule has 1 spiro atoms.